The first-order valence-electron chi connectivity index (χ1n) is 8.94. The van der Waals surface area contributed by atoms with Crippen LogP contribution in [-0.4, -0.2) is 59.9 Å². The normalized spacial score (nSPS) is 19.8. The SMILES string of the molecule is CC(C(=O)NC1CC1)N1CCN(C(=O)c2cc3ccccc3s2)CC1. The van der Waals surface area contributed by atoms with Gasteiger partial charge in [0.25, 0.3) is 5.91 Å². The number of nitrogens with zero attached hydrogens (tertiary/aromatic N) is 2. The lowest BCUT2D eigenvalue weighted by atomic mass is 10.2. The fraction of sp³-hybridized carbons (Fsp3) is 0.474. The molecule has 2 aliphatic rings. The third kappa shape index (κ3) is 3.55. The largest absolute Gasteiger partial charge is 0.352 e. The average Bonchev–Trinajstić information content (AvgIpc) is 3.35. The second-order valence-corrected chi connectivity index (χ2v) is 8.02. The second-order valence-electron chi connectivity index (χ2n) is 6.94. The van der Waals surface area contributed by atoms with Gasteiger partial charge in [0.2, 0.25) is 5.91 Å². The van der Waals surface area contributed by atoms with E-state index in [2.05, 4.69) is 16.3 Å². The van der Waals surface area contributed by atoms with E-state index in [0.29, 0.717) is 19.1 Å². The minimum absolute atomic E-state index is 0.107. The van der Waals surface area contributed by atoms with Crippen molar-refractivity contribution >= 4 is 33.2 Å². The molecule has 1 N–H and O–H groups in total. The van der Waals surface area contributed by atoms with E-state index in [0.717, 1.165) is 40.9 Å². The highest BCUT2D eigenvalue weighted by Crippen LogP contribution is 2.26. The average molecular weight is 357 g/mol. The lowest BCUT2D eigenvalue weighted by Gasteiger charge is -2.37. The highest BCUT2D eigenvalue weighted by atomic mass is 32.1. The Bertz CT molecular complexity index is 758. The van der Waals surface area contributed by atoms with Crippen molar-refractivity contribution in [2.45, 2.75) is 31.8 Å². The molecule has 1 aliphatic heterocycles. The predicted molar refractivity (Wildman–Crippen MR) is 99.9 cm³/mol. The van der Waals surface area contributed by atoms with Crippen LogP contribution < -0.4 is 5.32 Å². The molecule has 0 spiro atoms. The van der Waals surface area contributed by atoms with Gasteiger partial charge in [-0.3, -0.25) is 14.5 Å². The topological polar surface area (TPSA) is 52.7 Å². The van der Waals surface area contributed by atoms with Crippen molar-refractivity contribution in [1.29, 1.82) is 0 Å². The molecule has 0 radical (unpaired) electrons. The van der Waals surface area contributed by atoms with E-state index in [9.17, 15) is 9.59 Å². The first kappa shape index (κ1) is 16.5. The first-order valence-corrected chi connectivity index (χ1v) is 9.76. The summed E-state index contributed by atoms with van der Waals surface area (Å²) in [7, 11) is 0. The highest BCUT2D eigenvalue weighted by molar-refractivity contribution is 7.20. The Labute approximate surface area is 151 Å². The van der Waals surface area contributed by atoms with Gasteiger partial charge in [0.05, 0.1) is 10.9 Å². The molecular formula is C19H23N3O2S. The molecule has 2 heterocycles. The lowest BCUT2D eigenvalue weighted by Crippen LogP contribution is -2.55. The zero-order valence-corrected chi connectivity index (χ0v) is 15.2. The van der Waals surface area contributed by atoms with E-state index in [-0.39, 0.29) is 17.9 Å². The summed E-state index contributed by atoms with van der Waals surface area (Å²) in [5.74, 6) is 0.225. The molecule has 5 nitrogen and oxygen atoms in total. The van der Waals surface area contributed by atoms with Gasteiger partial charge in [0.1, 0.15) is 0 Å². The van der Waals surface area contributed by atoms with Gasteiger partial charge >= 0.3 is 0 Å². The molecule has 1 unspecified atom stereocenters. The van der Waals surface area contributed by atoms with E-state index >= 15 is 0 Å². The maximum absolute atomic E-state index is 12.8. The van der Waals surface area contributed by atoms with Crippen LogP contribution in [0, 0.1) is 0 Å². The number of carbonyl (C=O) groups excluding carboxylic acids is 2. The first-order chi connectivity index (χ1) is 12.1. The van der Waals surface area contributed by atoms with Crippen molar-refractivity contribution < 1.29 is 9.59 Å². The number of carbonyl (C=O) groups is 2. The van der Waals surface area contributed by atoms with E-state index in [4.69, 9.17) is 0 Å². The van der Waals surface area contributed by atoms with Crippen molar-refractivity contribution in [1.82, 2.24) is 15.1 Å². The molecule has 1 aromatic carbocycles. The molecule has 6 heteroatoms. The van der Waals surface area contributed by atoms with Gasteiger partial charge in [0, 0.05) is 36.9 Å². The van der Waals surface area contributed by atoms with Crippen LogP contribution in [0.2, 0.25) is 0 Å². The van der Waals surface area contributed by atoms with E-state index in [1.807, 2.05) is 36.1 Å². The molecule has 2 fully saturated rings. The predicted octanol–water partition coefficient (Wildman–Crippen LogP) is 2.33. The Kier molecular flexibility index (Phi) is 4.48. The van der Waals surface area contributed by atoms with Gasteiger partial charge in [-0.15, -0.1) is 11.3 Å². The maximum Gasteiger partial charge on any atom is 0.264 e. The molecule has 132 valence electrons. The Morgan fingerprint density at radius 1 is 1.16 bits per heavy atom. The molecule has 25 heavy (non-hydrogen) atoms. The Morgan fingerprint density at radius 3 is 2.56 bits per heavy atom. The summed E-state index contributed by atoms with van der Waals surface area (Å²) in [6.07, 6.45) is 2.21. The Hall–Kier alpha value is -1.92. The molecule has 1 saturated carbocycles. The van der Waals surface area contributed by atoms with Crippen LogP contribution in [0.3, 0.4) is 0 Å². The summed E-state index contributed by atoms with van der Waals surface area (Å²) in [6.45, 7) is 4.80. The molecular weight excluding hydrogens is 334 g/mol. The number of hydrogen-bond acceptors (Lipinski definition) is 4. The van der Waals surface area contributed by atoms with Gasteiger partial charge in [-0.25, -0.2) is 0 Å². The zero-order valence-electron chi connectivity index (χ0n) is 14.4. The van der Waals surface area contributed by atoms with Crippen LogP contribution in [0.4, 0.5) is 0 Å². The van der Waals surface area contributed by atoms with Crippen LogP contribution in [-0.2, 0) is 4.79 Å². The molecule has 1 aliphatic carbocycles. The fourth-order valence-electron chi connectivity index (χ4n) is 3.27. The number of thiophene rings is 1. The molecule has 2 aromatic rings. The molecule has 1 aromatic heterocycles. The molecule has 1 saturated heterocycles. The molecule has 0 bridgehead atoms. The summed E-state index contributed by atoms with van der Waals surface area (Å²) in [6, 6.07) is 10.3. The van der Waals surface area contributed by atoms with Gasteiger partial charge in [-0.2, -0.15) is 0 Å². The molecule has 1 atom stereocenters. The Balaban J connectivity index is 1.36. The minimum atomic E-state index is -0.123. The lowest BCUT2D eigenvalue weighted by molar-refractivity contribution is -0.126. The van der Waals surface area contributed by atoms with Crippen LogP contribution in [0.5, 0.6) is 0 Å². The van der Waals surface area contributed by atoms with Gasteiger partial charge < -0.3 is 10.2 Å². The van der Waals surface area contributed by atoms with Crippen molar-refractivity contribution in [3.05, 3.63) is 35.2 Å². The Morgan fingerprint density at radius 2 is 1.88 bits per heavy atom. The van der Waals surface area contributed by atoms with Gasteiger partial charge in [-0.05, 0) is 37.3 Å². The van der Waals surface area contributed by atoms with Crippen LogP contribution in [0.15, 0.2) is 30.3 Å². The number of benzene rings is 1. The molecule has 4 rings (SSSR count). The van der Waals surface area contributed by atoms with Gasteiger partial charge in [0.15, 0.2) is 0 Å². The van der Waals surface area contributed by atoms with Gasteiger partial charge in [-0.1, -0.05) is 18.2 Å². The van der Waals surface area contributed by atoms with Crippen LogP contribution in [0.25, 0.3) is 10.1 Å². The summed E-state index contributed by atoms with van der Waals surface area (Å²) < 4.78 is 1.15. The highest BCUT2D eigenvalue weighted by Gasteiger charge is 2.31. The number of amides is 2. The van der Waals surface area contributed by atoms with Crippen LogP contribution in [0.1, 0.15) is 29.4 Å². The smallest absolute Gasteiger partial charge is 0.264 e. The summed E-state index contributed by atoms with van der Waals surface area (Å²) >= 11 is 1.56. The van der Waals surface area contributed by atoms with Crippen molar-refractivity contribution in [3.63, 3.8) is 0 Å². The number of piperazine rings is 1. The number of rotatable bonds is 4. The summed E-state index contributed by atoms with van der Waals surface area (Å²) in [5.41, 5.74) is 0. The number of fused-ring (bicyclic) bond motifs is 1. The molecule has 2 amide bonds. The fourth-order valence-corrected chi connectivity index (χ4v) is 4.30. The standard InChI is InChI=1S/C19H23N3O2S/c1-13(18(23)20-15-6-7-15)21-8-10-22(11-9-21)19(24)17-12-14-4-2-3-5-16(14)25-17/h2-5,12-13,15H,6-11H2,1H3,(H,20,23). The second kappa shape index (κ2) is 6.77. The maximum atomic E-state index is 12.8. The third-order valence-corrected chi connectivity index (χ3v) is 6.19. The van der Waals surface area contributed by atoms with Crippen molar-refractivity contribution in [3.8, 4) is 0 Å². The monoisotopic (exact) mass is 357 g/mol. The zero-order chi connectivity index (χ0) is 17.4. The third-order valence-electron chi connectivity index (χ3n) is 5.09. The summed E-state index contributed by atoms with van der Waals surface area (Å²) in [5, 5.41) is 4.19. The summed E-state index contributed by atoms with van der Waals surface area (Å²) in [4.78, 5) is 29.9. The quantitative estimate of drug-likeness (QED) is 0.914. The van der Waals surface area contributed by atoms with Crippen molar-refractivity contribution in [2.24, 2.45) is 0 Å². The number of nitrogens with one attached hydrogen (secondary N) is 1. The van der Waals surface area contributed by atoms with E-state index in [1.165, 1.54) is 0 Å². The van der Waals surface area contributed by atoms with Crippen molar-refractivity contribution in [2.75, 3.05) is 26.2 Å². The number of hydrogen-bond donors (Lipinski definition) is 1. The van der Waals surface area contributed by atoms with E-state index < -0.39 is 0 Å². The van der Waals surface area contributed by atoms with Crippen LogP contribution >= 0.6 is 11.3 Å². The minimum Gasteiger partial charge on any atom is -0.352 e. The van der Waals surface area contributed by atoms with E-state index in [1.54, 1.807) is 11.3 Å².